The van der Waals surface area contributed by atoms with E-state index in [1.54, 1.807) is 0 Å². The molecule has 3 rings (SSSR count). The molecule has 0 aromatic rings. The molecule has 2 saturated carbocycles. The largest absolute Gasteiger partial charge is 0.481 e. The molecule has 0 aliphatic heterocycles. The van der Waals surface area contributed by atoms with Crippen LogP contribution in [0.1, 0.15) is 59.3 Å². The summed E-state index contributed by atoms with van der Waals surface area (Å²) < 4.78 is 0. The molecule has 3 aliphatic carbocycles. The van der Waals surface area contributed by atoms with Crippen LogP contribution in [-0.4, -0.2) is 34.5 Å². The van der Waals surface area contributed by atoms with Gasteiger partial charge in [-0.3, -0.25) is 4.79 Å². The second-order valence-corrected chi connectivity index (χ2v) is 9.97. The van der Waals surface area contributed by atoms with Crippen LogP contribution >= 0.6 is 11.6 Å². The van der Waals surface area contributed by atoms with Crippen molar-refractivity contribution in [3.8, 4) is 0 Å². The predicted octanol–water partition coefficient (Wildman–Crippen LogP) is 4.29. The fraction of sp³-hybridized carbons (Fsp3) is 0.818. The molecule has 2 bridgehead atoms. The second-order valence-electron chi connectivity index (χ2n) is 9.41. The molecule has 3 aliphatic rings. The number of carboxylic acids is 1. The molecule has 0 aromatic carbocycles. The van der Waals surface area contributed by atoms with E-state index in [1.165, 1.54) is 0 Å². The van der Waals surface area contributed by atoms with Crippen LogP contribution in [0.15, 0.2) is 11.6 Å². The second kappa shape index (κ2) is 7.51. The molecule has 2 fully saturated rings. The summed E-state index contributed by atoms with van der Waals surface area (Å²) >= 11 is 6.66. The first kappa shape index (κ1) is 20.9. The van der Waals surface area contributed by atoms with Gasteiger partial charge in [0.15, 0.2) is 0 Å². The number of carbonyl (C=O) groups is 2. The first-order valence-corrected chi connectivity index (χ1v) is 10.9. The average molecular weight is 397 g/mol. The maximum absolute atomic E-state index is 12.7. The molecule has 0 aromatic heterocycles. The van der Waals surface area contributed by atoms with Gasteiger partial charge in [-0.15, -0.1) is 11.6 Å². The highest BCUT2D eigenvalue weighted by Crippen LogP contribution is 2.71. The predicted molar refractivity (Wildman–Crippen MR) is 106 cm³/mol. The summed E-state index contributed by atoms with van der Waals surface area (Å²) in [6.07, 6.45) is 7.55. The van der Waals surface area contributed by atoms with Gasteiger partial charge in [0.1, 0.15) is 11.7 Å². The standard InChI is InChI=1S/C22H33ClO4/c1-13(2)17-8-15-10-21(12-25,22(17,11-15)20(26)27)18-9-19(23)14(3)16(18)6-4-5-7-24/h8,12-16,18-19,24H,4-7,9-11H2,1-3H3,(H,26,27). The van der Waals surface area contributed by atoms with E-state index in [1.807, 2.05) is 13.8 Å². The third-order valence-corrected chi connectivity index (χ3v) is 8.49. The van der Waals surface area contributed by atoms with Crippen molar-refractivity contribution in [1.82, 2.24) is 0 Å². The number of hydrogen-bond donors (Lipinski definition) is 2. The van der Waals surface area contributed by atoms with Crippen LogP contribution in [0.3, 0.4) is 0 Å². The number of fused-ring (bicyclic) bond motifs is 2. The summed E-state index contributed by atoms with van der Waals surface area (Å²) in [4.78, 5) is 25.4. The van der Waals surface area contributed by atoms with E-state index < -0.39 is 16.8 Å². The molecule has 27 heavy (non-hydrogen) atoms. The number of aldehydes is 1. The first-order chi connectivity index (χ1) is 12.7. The number of unbranched alkanes of at least 4 members (excludes halogenated alkanes) is 1. The number of hydrogen-bond acceptors (Lipinski definition) is 3. The molecule has 2 N–H and O–H groups in total. The van der Waals surface area contributed by atoms with Crippen LogP contribution in [0.4, 0.5) is 0 Å². The van der Waals surface area contributed by atoms with Crippen LogP contribution in [0.5, 0.6) is 0 Å². The minimum atomic E-state index is -1.08. The molecular formula is C22H33ClO4. The normalized spacial score (nSPS) is 43.3. The van der Waals surface area contributed by atoms with Gasteiger partial charge in [0, 0.05) is 17.4 Å². The maximum Gasteiger partial charge on any atom is 0.314 e. The van der Waals surface area contributed by atoms with Crippen molar-refractivity contribution < 1.29 is 19.8 Å². The Morgan fingerprint density at radius 3 is 2.63 bits per heavy atom. The minimum Gasteiger partial charge on any atom is -0.481 e. The molecule has 0 amide bonds. The number of carbonyl (C=O) groups excluding carboxylic acids is 1. The Kier molecular flexibility index (Phi) is 5.80. The van der Waals surface area contributed by atoms with Gasteiger partial charge in [0.2, 0.25) is 0 Å². The van der Waals surface area contributed by atoms with Crippen molar-refractivity contribution in [2.75, 3.05) is 6.61 Å². The third-order valence-electron chi connectivity index (χ3n) is 7.92. The lowest BCUT2D eigenvalue weighted by molar-refractivity contribution is -0.160. The summed E-state index contributed by atoms with van der Waals surface area (Å²) in [7, 11) is 0. The van der Waals surface area contributed by atoms with Crippen molar-refractivity contribution in [2.45, 2.75) is 64.7 Å². The molecular weight excluding hydrogens is 364 g/mol. The quantitative estimate of drug-likeness (QED) is 0.278. The number of alkyl halides is 1. The van der Waals surface area contributed by atoms with Crippen LogP contribution < -0.4 is 0 Å². The number of rotatable bonds is 8. The van der Waals surface area contributed by atoms with Crippen molar-refractivity contribution in [1.29, 1.82) is 0 Å². The van der Waals surface area contributed by atoms with Crippen LogP contribution in [0.2, 0.25) is 0 Å². The Bertz CT molecular complexity index is 630. The maximum atomic E-state index is 12.7. The van der Waals surface area contributed by atoms with Gasteiger partial charge >= 0.3 is 5.97 Å². The Balaban J connectivity index is 2.05. The van der Waals surface area contributed by atoms with Gasteiger partial charge in [-0.2, -0.15) is 0 Å². The van der Waals surface area contributed by atoms with Crippen LogP contribution in [0.25, 0.3) is 0 Å². The van der Waals surface area contributed by atoms with E-state index >= 15 is 0 Å². The van der Waals surface area contributed by atoms with E-state index in [-0.39, 0.29) is 41.6 Å². The first-order valence-electron chi connectivity index (χ1n) is 10.4. The Labute approximate surface area is 167 Å². The number of allylic oxidation sites excluding steroid dienone is 1. The minimum absolute atomic E-state index is 0.00487. The summed E-state index contributed by atoms with van der Waals surface area (Å²) in [5, 5.41) is 19.5. The number of carboxylic acid groups (broad SMARTS) is 1. The van der Waals surface area contributed by atoms with Crippen molar-refractivity contribution in [3.05, 3.63) is 11.6 Å². The molecule has 0 saturated heterocycles. The van der Waals surface area contributed by atoms with Gasteiger partial charge in [0.25, 0.3) is 0 Å². The summed E-state index contributed by atoms with van der Waals surface area (Å²) in [6.45, 7) is 6.37. The topological polar surface area (TPSA) is 74.6 Å². The highest BCUT2D eigenvalue weighted by molar-refractivity contribution is 6.21. The van der Waals surface area contributed by atoms with Gasteiger partial charge < -0.3 is 15.0 Å². The fourth-order valence-electron chi connectivity index (χ4n) is 6.78. The fourth-order valence-corrected chi connectivity index (χ4v) is 7.16. The number of aliphatic carboxylic acids is 1. The zero-order chi connectivity index (χ0) is 20.0. The molecule has 152 valence electrons. The number of halogens is 1. The number of aliphatic hydroxyl groups is 1. The molecule has 7 unspecified atom stereocenters. The summed E-state index contributed by atoms with van der Waals surface area (Å²) in [5.41, 5.74) is -0.994. The molecule has 0 heterocycles. The molecule has 5 heteroatoms. The molecule has 0 radical (unpaired) electrons. The lowest BCUT2D eigenvalue weighted by Gasteiger charge is -2.48. The highest BCUT2D eigenvalue weighted by Gasteiger charge is 2.71. The Morgan fingerprint density at radius 1 is 1.37 bits per heavy atom. The monoisotopic (exact) mass is 396 g/mol. The SMILES string of the molecule is CC(C)C1=CC2CC1(C(=O)O)C(C=O)(C1CC(Cl)C(C)C1CCCCO)C2. The van der Waals surface area contributed by atoms with E-state index in [0.29, 0.717) is 19.3 Å². The van der Waals surface area contributed by atoms with Gasteiger partial charge in [-0.25, -0.2) is 0 Å². The molecule has 0 spiro atoms. The summed E-state index contributed by atoms with van der Waals surface area (Å²) in [6, 6.07) is 0. The van der Waals surface area contributed by atoms with Crippen LogP contribution in [0, 0.1) is 40.4 Å². The van der Waals surface area contributed by atoms with Crippen molar-refractivity contribution >= 4 is 23.9 Å². The molecule has 4 nitrogen and oxygen atoms in total. The van der Waals surface area contributed by atoms with Gasteiger partial charge in [0.05, 0.1) is 0 Å². The average Bonchev–Trinajstić information content (AvgIpc) is 3.26. The van der Waals surface area contributed by atoms with E-state index in [4.69, 9.17) is 16.7 Å². The van der Waals surface area contributed by atoms with Crippen molar-refractivity contribution in [2.24, 2.45) is 40.4 Å². The van der Waals surface area contributed by atoms with E-state index in [9.17, 15) is 14.7 Å². The summed E-state index contributed by atoms with van der Waals surface area (Å²) in [5.74, 6) is -0.0726. The van der Waals surface area contributed by atoms with E-state index in [2.05, 4.69) is 13.0 Å². The van der Waals surface area contributed by atoms with E-state index in [0.717, 1.165) is 31.1 Å². The van der Waals surface area contributed by atoms with Crippen molar-refractivity contribution in [3.63, 3.8) is 0 Å². The number of aliphatic hydroxyl groups excluding tert-OH is 1. The van der Waals surface area contributed by atoms with Gasteiger partial charge in [-0.1, -0.05) is 38.8 Å². The lowest BCUT2D eigenvalue weighted by Crippen LogP contribution is -2.53. The lowest BCUT2D eigenvalue weighted by atomic mass is 9.52. The zero-order valence-electron chi connectivity index (χ0n) is 16.7. The van der Waals surface area contributed by atoms with Crippen LogP contribution in [-0.2, 0) is 9.59 Å². The zero-order valence-corrected chi connectivity index (χ0v) is 17.4. The van der Waals surface area contributed by atoms with Gasteiger partial charge in [-0.05, 0) is 61.7 Å². The Morgan fingerprint density at radius 2 is 2.07 bits per heavy atom. The smallest absolute Gasteiger partial charge is 0.314 e. The Hall–Kier alpha value is -0.870. The molecule has 7 atom stereocenters. The highest BCUT2D eigenvalue weighted by atomic mass is 35.5. The third kappa shape index (κ3) is 2.90.